The number of aryl methyl sites for hydroxylation is 2. The summed E-state index contributed by atoms with van der Waals surface area (Å²) in [6.45, 7) is 17.8. The largest absolute Gasteiger partial charge is 0.478 e. The number of ether oxygens (including phenoxy) is 3. The van der Waals surface area contributed by atoms with Crippen molar-refractivity contribution in [3.8, 4) is 0 Å². The molecule has 4 aliphatic heterocycles. The number of benzene rings is 1. The normalized spacial score (nSPS) is 18.7. The number of aromatic nitrogens is 4. The van der Waals surface area contributed by atoms with Crippen LogP contribution in [0.4, 0.5) is 0 Å². The smallest absolute Gasteiger partial charge is 0.338 e. The lowest BCUT2D eigenvalue weighted by atomic mass is 9.74. The minimum Gasteiger partial charge on any atom is -0.478 e. The first-order chi connectivity index (χ1) is 28.0. The molecule has 4 aliphatic rings. The highest BCUT2D eigenvalue weighted by Gasteiger charge is 2.42. The molecule has 7 rings (SSSR count). The second-order valence-corrected chi connectivity index (χ2v) is 18.4. The van der Waals surface area contributed by atoms with Crippen LogP contribution in [0.3, 0.4) is 0 Å². The third-order valence-electron chi connectivity index (χ3n) is 12.4. The average molecular weight is 819 g/mol. The number of rotatable bonds is 11. The molecular formula is C44H62N6O9. The second kappa shape index (κ2) is 17.9. The van der Waals surface area contributed by atoms with E-state index >= 15 is 0 Å². The Morgan fingerprint density at radius 3 is 1.58 bits per heavy atom. The van der Waals surface area contributed by atoms with Gasteiger partial charge >= 0.3 is 11.9 Å². The third kappa shape index (κ3) is 10.1. The van der Waals surface area contributed by atoms with E-state index < -0.39 is 17.4 Å². The molecular weight excluding hydrogens is 757 g/mol. The number of carboxylic acid groups (broad SMARTS) is 1. The molecule has 2 aromatic heterocycles. The minimum absolute atomic E-state index is 0.0178. The van der Waals surface area contributed by atoms with Gasteiger partial charge in [0.05, 0.1) is 29.1 Å². The van der Waals surface area contributed by atoms with Crippen LogP contribution < -0.4 is 10.6 Å². The van der Waals surface area contributed by atoms with Gasteiger partial charge in [-0.2, -0.15) is 10.2 Å². The van der Waals surface area contributed by atoms with Crippen molar-refractivity contribution in [3.63, 3.8) is 0 Å². The molecule has 59 heavy (non-hydrogen) atoms. The van der Waals surface area contributed by atoms with Crippen LogP contribution >= 0.6 is 0 Å². The molecule has 3 aromatic rings. The zero-order chi connectivity index (χ0) is 42.6. The van der Waals surface area contributed by atoms with Crippen LogP contribution in [0.15, 0.2) is 24.3 Å². The quantitative estimate of drug-likeness (QED) is 0.197. The van der Waals surface area contributed by atoms with Gasteiger partial charge in [0.15, 0.2) is 0 Å². The minimum atomic E-state index is -1.05. The van der Waals surface area contributed by atoms with Crippen LogP contribution in [0.5, 0.6) is 0 Å². The molecule has 0 atom stereocenters. The van der Waals surface area contributed by atoms with E-state index in [1.807, 2.05) is 46.2 Å². The molecule has 0 radical (unpaired) electrons. The van der Waals surface area contributed by atoms with Gasteiger partial charge in [0.25, 0.3) is 11.8 Å². The first kappa shape index (κ1) is 44.0. The summed E-state index contributed by atoms with van der Waals surface area (Å²) in [5, 5.41) is 34.4. The number of aromatic carboxylic acids is 1. The zero-order valence-corrected chi connectivity index (χ0v) is 35.6. The fraction of sp³-hybridized carbons (Fsp3) is 0.636. The summed E-state index contributed by atoms with van der Waals surface area (Å²) in [5.74, 6) is -1.66. The molecule has 1 aromatic carbocycles. The predicted molar refractivity (Wildman–Crippen MR) is 219 cm³/mol. The fourth-order valence-electron chi connectivity index (χ4n) is 8.72. The topological polar surface area (TPSA) is 196 Å². The van der Waals surface area contributed by atoms with Crippen molar-refractivity contribution in [3.05, 3.63) is 69.3 Å². The van der Waals surface area contributed by atoms with Gasteiger partial charge in [0.1, 0.15) is 11.4 Å². The van der Waals surface area contributed by atoms with E-state index in [2.05, 4.69) is 10.6 Å². The van der Waals surface area contributed by atoms with Gasteiger partial charge in [-0.05, 0) is 99.3 Å². The van der Waals surface area contributed by atoms with Crippen molar-refractivity contribution in [2.45, 2.75) is 106 Å². The summed E-state index contributed by atoms with van der Waals surface area (Å²) < 4.78 is 20.3. The average Bonchev–Trinajstić information content (AvgIpc) is 3.64. The Labute approximate surface area is 346 Å². The van der Waals surface area contributed by atoms with E-state index in [0.717, 1.165) is 74.3 Å². The molecule has 4 N–H and O–H groups in total. The summed E-state index contributed by atoms with van der Waals surface area (Å²) >= 11 is 0. The van der Waals surface area contributed by atoms with Gasteiger partial charge in [-0.1, -0.05) is 27.7 Å². The van der Waals surface area contributed by atoms with Crippen LogP contribution in [0.25, 0.3) is 0 Å². The van der Waals surface area contributed by atoms with E-state index in [4.69, 9.17) is 29.5 Å². The van der Waals surface area contributed by atoms with E-state index in [9.17, 15) is 24.3 Å². The van der Waals surface area contributed by atoms with E-state index in [1.165, 1.54) is 24.3 Å². The van der Waals surface area contributed by atoms with E-state index in [0.29, 0.717) is 69.2 Å². The molecule has 2 amide bonds. The molecule has 0 saturated carbocycles. The SMILES string of the molecule is CCn1nc(CC(C)(C)CO)c2c1C(=O)NCC1(CCOCC1)C2.CCn1nc(CC(C)(C)COC(=O)c2ccc(C(=O)O)cc2)c2c1C(=O)NCC1(CCOCC1)C2. The first-order valence-corrected chi connectivity index (χ1v) is 21.0. The van der Waals surface area contributed by atoms with Gasteiger partial charge in [-0.3, -0.25) is 19.0 Å². The van der Waals surface area contributed by atoms with Crippen molar-refractivity contribution < 1.29 is 43.6 Å². The molecule has 0 bridgehead atoms. The number of aliphatic hydroxyl groups excluding tert-OH is 1. The van der Waals surface area contributed by atoms with Crippen molar-refractivity contribution in [2.75, 3.05) is 52.7 Å². The number of hydrogen-bond donors (Lipinski definition) is 4. The van der Waals surface area contributed by atoms with Crippen molar-refractivity contribution in [1.82, 2.24) is 30.2 Å². The van der Waals surface area contributed by atoms with Crippen LogP contribution in [-0.4, -0.2) is 106 Å². The maximum absolute atomic E-state index is 13.0. The van der Waals surface area contributed by atoms with Gasteiger partial charge in [-0.15, -0.1) is 0 Å². The van der Waals surface area contributed by atoms with Gasteiger partial charge in [0.2, 0.25) is 0 Å². The Hall–Kier alpha value is -4.60. The Morgan fingerprint density at radius 2 is 1.17 bits per heavy atom. The molecule has 15 nitrogen and oxygen atoms in total. The fourth-order valence-corrected chi connectivity index (χ4v) is 8.72. The highest BCUT2D eigenvalue weighted by molar-refractivity contribution is 5.95. The summed E-state index contributed by atoms with van der Waals surface area (Å²) in [4.78, 5) is 49.3. The zero-order valence-electron chi connectivity index (χ0n) is 35.6. The lowest BCUT2D eigenvalue weighted by Crippen LogP contribution is -2.40. The van der Waals surface area contributed by atoms with Crippen molar-refractivity contribution in [1.29, 1.82) is 0 Å². The number of carboxylic acids is 1. The van der Waals surface area contributed by atoms with Gasteiger partial charge in [-0.25, -0.2) is 9.59 Å². The number of carbonyl (C=O) groups is 4. The lowest BCUT2D eigenvalue weighted by Gasteiger charge is -2.36. The standard InChI is InChI=1S/C26H33N3O6.C18H29N3O3/c1-4-29-21-19(13-26(15-27-22(21)30)9-11-34-12-10-26)20(28-29)14-25(2,3)16-35-24(33)18-7-5-17(6-8-18)23(31)32;1-4-21-15-13(14(20-21)10-17(2,3)12-22)9-18(11-19-16(15)23)5-7-24-8-6-18/h5-8H,4,9-16H2,1-3H3,(H,27,30)(H,31,32);22H,4-12H2,1-3H3,(H,19,23). The number of esters is 1. The molecule has 0 aliphatic carbocycles. The highest BCUT2D eigenvalue weighted by atomic mass is 16.5. The number of aliphatic hydroxyl groups is 1. The Balaban J connectivity index is 0.000000213. The third-order valence-corrected chi connectivity index (χ3v) is 12.4. The van der Waals surface area contributed by atoms with Crippen molar-refractivity contribution >= 4 is 23.8 Å². The van der Waals surface area contributed by atoms with Gasteiger partial charge < -0.3 is 35.1 Å². The first-order valence-electron chi connectivity index (χ1n) is 21.0. The molecule has 2 spiro atoms. The summed E-state index contributed by atoms with van der Waals surface area (Å²) in [5.41, 5.74) is 5.03. The summed E-state index contributed by atoms with van der Waals surface area (Å²) in [7, 11) is 0. The number of amides is 2. The lowest BCUT2D eigenvalue weighted by molar-refractivity contribution is 0.0158. The molecule has 2 saturated heterocycles. The molecule has 0 unspecified atom stereocenters. The van der Waals surface area contributed by atoms with Crippen LogP contribution in [0, 0.1) is 21.7 Å². The number of nitrogens with zero attached hydrogens (tertiary/aromatic N) is 4. The molecule has 322 valence electrons. The highest BCUT2D eigenvalue weighted by Crippen LogP contribution is 2.40. The monoisotopic (exact) mass is 818 g/mol. The van der Waals surface area contributed by atoms with Crippen LogP contribution in [0.2, 0.25) is 0 Å². The maximum atomic E-state index is 13.0. The second-order valence-electron chi connectivity index (χ2n) is 18.4. The number of fused-ring (bicyclic) bond motifs is 2. The number of carbonyl (C=O) groups excluding carboxylic acids is 3. The van der Waals surface area contributed by atoms with Crippen LogP contribution in [0.1, 0.15) is 131 Å². The Bertz CT molecular complexity index is 2000. The van der Waals surface area contributed by atoms with E-state index in [-0.39, 0.29) is 46.8 Å². The molecule has 6 heterocycles. The van der Waals surface area contributed by atoms with Gasteiger partial charge in [0, 0.05) is 82.2 Å². The van der Waals surface area contributed by atoms with Crippen LogP contribution in [-0.2, 0) is 53.0 Å². The molecule has 2 fully saturated rings. The predicted octanol–water partition coefficient (Wildman–Crippen LogP) is 4.66. The van der Waals surface area contributed by atoms with E-state index in [1.54, 1.807) is 4.68 Å². The van der Waals surface area contributed by atoms with Crippen molar-refractivity contribution in [2.24, 2.45) is 21.7 Å². The Morgan fingerprint density at radius 1 is 0.746 bits per heavy atom. The number of hydrogen-bond acceptors (Lipinski definition) is 10. The summed E-state index contributed by atoms with van der Waals surface area (Å²) in [6, 6.07) is 5.67. The number of nitrogens with one attached hydrogen (secondary N) is 2. The summed E-state index contributed by atoms with van der Waals surface area (Å²) in [6.07, 6.45) is 6.58. The Kier molecular flexibility index (Phi) is 13.4. The molecule has 15 heteroatoms. The maximum Gasteiger partial charge on any atom is 0.338 e.